The van der Waals surface area contributed by atoms with Crippen molar-refractivity contribution in [2.24, 2.45) is 5.14 Å². The lowest BCUT2D eigenvalue weighted by atomic mass is 10.2. The van der Waals surface area contributed by atoms with Gasteiger partial charge in [-0.3, -0.25) is 0 Å². The van der Waals surface area contributed by atoms with Crippen LogP contribution in [-0.2, 0) is 14.8 Å². The molecule has 0 bridgehead atoms. The predicted molar refractivity (Wildman–Crippen MR) is 72.0 cm³/mol. The number of primary sulfonamides is 1. The van der Waals surface area contributed by atoms with E-state index in [-0.39, 0.29) is 4.90 Å². The average molecular weight is 273 g/mol. The highest BCUT2D eigenvalue weighted by molar-refractivity contribution is 7.89. The Balaban J connectivity index is 2.85. The van der Waals surface area contributed by atoms with E-state index < -0.39 is 10.0 Å². The van der Waals surface area contributed by atoms with Gasteiger partial charge in [0.25, 0.3) is 0 Å². The van der Waals surface area contributed by atoms with E-state index in [0.717, 1.165) is 18.7 Å². The molecule has 0 fully saturated rings. The number of hydrogen-bond donors (Lipinski definition) is 2. The number of hydrogen-bond acceptors (Lipinski definition) is 5. The molecule has 0 unspecified atom stereocenters. The molecule has 0 aliphatic rings. The minimum absolute atomic E-state index is 0.0223. The molecular formula is C11H19N3O3S. The third-order valence-corrected chi connectivity index (χ3v) is 3.49. The second-order valence-corrected chi connectivity index (χ2v) is 5.59. The molecule has 6 nitrogen and oxygen atoms in total. The first-order valence-corrected chi connectivity index (χ1v) is 7.03. The van der Waals surface area contributed by atoms with Crippen LogP contribution < -0.4 is 15.8 Å². The van der Waals surface area contributed by atoms with Crippen molar-refractivity contribution in [3.63, 3.8) is 0 Å². The van der Waals surface area contributed by atoms with Crippen LogP contribution in [0.25, 0.3) is 0 Å². The summed E-state index contributed by atoms with van der Waals surface area (Å²) in [4.78, 5) is 1.97. The zero-order chi connectivity index (χ0) is 13.8. The van der Waals surface area contributed by atoms with Crippen LogP contribution in [0.15, 0.2) is 23.1 Å². The van der Waals surface area contributed by atoms with Gasteiger partial charge in [-0.15, -0.1) is 0 Å². The lowest BCUT2D eigenvalue weighted by Crippen LogP contribution is -2.21. The van der Waals surface area contributed by atoms with Crippen molar-refractivity contribution < 1.29 is 13.2 Å². The topological polar surface area (TPSA) is 98.6 Å². The molecule has 4 N–H and O–H groups in total. The maximum absolute atomic E-state index is 11.2. The molecule has 7 heteroatoms. The molecule has 0 atom stereocenters. The van der Waals surface area contributed by atoms with Crippen molar-refractivity contribution in [1.82, 2.24) is 0 Å². The van der Waals surface area contributed by atoms with E-state index in [1.807, 2.05) is 11.9 Å². The molecule has 1 rings (SSSR count). The van der Waals surface area contributed by atoms with Gasteiger partial charge < -0.3 is 15.4 Å². The Kier molecular flexibility index (Phi) is 4.94. The van der Waals surface area contributed by atoms with Gasteiger partial charge in [-0.05, 0) is 24.6 Å². The summed E-state index contributed by atoms with van der Waals surface area (Å²) in [5.74, 6) is 0. The van der Waals surface area contributed by atoms with E-state index in [0.29, 0.717) is 12.3 Å². The van der Waals surface area contributed by atoms with E-state index in [2.05, 4.69) is 0 Å². The Morgan fingerprint density at radius 1 is 1.39 bits per heavy atom. The van der Waals surface area contributed by atoms with Gasteiger partial charge in [-0.1, -0.05) is 0 Å². The third kappa shape index (κ3) is 3.86. The second-order valence-electron chi connectivity index (χ2n) is 4.03. The Bertz CT molecular complexity index is 502. The standard InChI is InChI=1S/C11H19N3O3S/c1-14(6-3-7-17-2)11-5-4-9(8-10(11)12)18(13,15)16/h4-5,8H,3,6-7,12H2,1-2H3,(H2,13,15,16). The summed E-state index contributed by atoms with van der Waals surface area (Å²) in [6, 6.07) is 4.48. The fraction of sp³-hybridized carbons (Fsp3) is 0.455. The average Bonchev–Trinajstić information content (AvgIpc) is 2.27. The summed E-state index contributed by atoms with van der Waals surface area (Å²) in [5, 5.41) is 5.04. The van der Waals surface area contributed by atoms with Gasteiger partial charge >= 0.3 is 0 Å². The van der Waals surface area contributed by atoms with Crippen LogP contribution in [0.5, 0.6) is 0 Å². The molecule has 0 radical (unpaired) electrons. The molecule has 0 heterocycles. The molecule has 0 aliphatic carbocycles. The van der Waals surface area contributed by atoms with Crippen molar-refractivity contribution in [3.8, 4) is 0 Å². The van der Waals surface area contributed by atoms with Crippen molar-refractivity contribution in [2.45, 2.75) is 11.3 Å². The van der Waals surface area contributed by atoms with E-state index in [9.17, 15) is 8.42 Å². The molecule has 0 amide bonds. The van der Waals surface area contributed by atoms with Crippen LogP contribution in [0.4, 0.5) is 11.4 Å². The minimum atomic E-state index is -3.71. The lowest BCUT2D eigenvalue weighted by Gasteiger charge is -2.21. The summed E-state index contributed by atoms with van der Waals surface area (Å²) in [5.41, 5.74) is 7.00. The highest BCUT2D eigenvalue weighted by Crippen LogP contribution is 2.25. The van der Waals surface area contributed by atoms with Gasteiger partial charge in [0.15, 0.2) is 0 Å². The minimum Gasteiger partial charge on any atom is -0.397 e. The molecule has 0 aromatic heterocycles. The summed E-state index contributed by atoms with van der Waals surface area (Å²) >= 11 is 0. The van der Waals surface area contributed by atoms with Crippen LogP contribution in [0, 0.1) is 0 Å². The Labute approximate surface area is 108 Å². The maximum atomic E-state index is 11.2. The summed E-state index contributed by atoms with van der Waals surface area (Å²) in [6.45, 7) is 1.44. The van der Waals surface area contributed by atoms with Crippen molar-refractivity contribution >= 4 is 21.4 Å². The Hall–Kier alpha value is -1.31. The molecule has 0 spiro atoms. The molecule has 0 saturated carbocycles. The monoisotopic (exact) mass is 273 g/mol. The number of anilines is 2. The number of methoxy groups -OCH3 is 1. The third-order valence-electron chi connectivity index (χ3n) is 2.58. The zero-order valence-electron chi connectivity index (χ0n) is 10.6. The second kappa shape index (κ2) is 6.03. The van der Waals surface area contributed by atoms with Gasteiger partial charge in [-0.2, -0.15) is 0 Å². The van der Waals surface area contributed by atoms with Crippen molar-refractivity contribution in [2.75, 3.05) is 37.9 Å². The fourth-order valence-electron chi connectivity index (χ4n) is 1.62. The summed E-state index contributed by atoms with van der Waals surface area (Å²) in [6.07, 6.45) is 0.864. The number of rotatable bonds is 6. The van der Waals surface area contributed by atoms with Crippen molar-refractivity contribution in [3.05, 3.63) is 18.2 Å². The van der Waals surface area contributed by atoms with Crippen LogP contribution in [-0.4, -0.2) is 35.7 Å². The lowest BCUT2D eigenvalue weighted by molar-refractivity contribution is 0.196. The fourth-order valence-corrected chi connectivity index (χ4v) is 2.17. The van der Waals surface area contributed by atoms with E-state index in [4.69, 9.17) is 15.6 Å². The summed E-state index contributed by atoms with van der Waals surface area (Å²) < 4.78 is 27.3. The molecule has 0 aliphatic heterocycles. The van der Waals surface area contributed by atoms with Crippen molar-refractivity contribution in [1.29, 1.82) is 0 Å². The first-order valence-electron chi connectivity index (χ1n) is 5.48. The molecule has 102 valence electrons. The van der Waals surface area contributed by atoms with E-state index in [1.54, 1.807) is 13.2 Å². The zero-order valence-corrected chi connectivity index (χ0v) is 11.4. The largest absolute Gasteiger partial charge is 0.397 e. The predicted octanol–water partition coefficient (Wildman–Crippen LogP) is 0.389. The maximum Gasteiger partial charge on any atom is 0.238 e. The van der Waals surface area contributed by atoms with E-state index in [1.165, 1.54) is 12.1 Å². The van der Waals surface area contributed by atoms with Gasteiger partial charge in [0.05, 0.1) is 16.3 Å². The highest BCUT2D eigenvalue weighted by atomic mass is 32.2. The number of benzene rings is 1. The number of nitrogens with zero attached hydrogens (tertiary/aromatic N) is 1. The van der Waals surface area contributed by atoms with Crippen LogP contribution in [0.1, 0.15) is 6.42 Å². The van der Waals surface area contributed by atoms with Crippen LogP contribution in [0.2, 0.25) is 0 Å². The Morgan fingerprint density at radius 2 is 2.06 bits per heavy atom. The van der Waals surface area contributed by atoms with Gasteiger partial charge in [0.2, 0.25) is 10.0 Å². The first-order chi connectivity index (χ1) is 8.36. The van der Waals surface area contributed by atoms with Crippen LogP contribution in [0.3, 0.4) is 0 Å². The number of sulfonamides is 1. The molecule has 18 heavy (non-hydrogen) atoms. The SMILES string of the molecule is COCCCN(C)c1ccc(S(N)(=O)=O)cc1N. The quantitative estimate of drug-likeness (QED) is 0.577. The number of nitrogen functional groups attached to an aromatic ring is 1. The smallest absolute Gasteiger partial charge is 0.238 e. The van der Waals surface area contributed by atoms with Gasteiger partial charge in [0, 0.05) is 27.3 Å². The molecule has 1 aromatic carbocycles. The number of ether oxygens (including phenoxy) is 1. The molecule has 1 aromatic rings. The highest BCUT2D eigenvalue weighted by Gasteiger charge is 2.11. The molecular weight excluding hydrogens is 254 g/mol. The summed E-state index contributed by atoms with van der Waals surface area (Å²) in [7, 11) is -0.172. The normalized spacial score (nSPS) is 11.5. The molecule has 0 saturated heterocycles. The van der Waals surface area contributed by atoms with E-state index >= 15 is 0 Å². The Morgan fingerprint density at radius 3 is 2.56 bits per heavy atom. The van der Waals surface area contributed by atoms with Gasteiger partial charge in [0.1, 0.15) is 0 Å². The van der Waals surface area contributed by atoms with Gasteiger partial charge in [-0.25, -0.2) is 13.6 Å². The van der Waals surface area contributed by atoms with Crippen LogP contribution >= 0.6 is 0 Å². The number of nitrogens with two attached hydrogens (primary N) is 2. The first kappa shape index (κ1) is 14.7.